The first kappa shape index (κ1) is 24.1. The monoisotopic (exact) mass is 495 g/mol. The first-order valence-corrected chi connectivity index (χ1v) is 12.1. The van der Waals surface area contributed by atoms with Gasteiger partial charge in [-0.3, -0.25) is 0 Å². The molecule has 0 amide bonds. The van der Waals surface area contributed by atoms with E-state index in [0.717, 1.165) is 50.9 Å². The van der Waals surface area contributed by atoms with Crippen LogP contribution in [0.15, 0.2) is 66.7 Å². The van der Waals surface area contributed by atoms with E-state index in [2.05, 4.69) is 11.1 Å². The van der Waals surface area contributed by atoms with Gasteiger partial charge < -0.3 is 19.2 Å². The van der Waals surface area contributed by atoms with Gasteiger partial charge in [0.1, 0.15) is 17.2 Å². The van der Waals surface area contributed by atoms with Crippen molar-refractivity contribution in [3.05, 3.63) is 76.8 Å². The van der Waals surface area contributed by atoms with Crippen LogP contribution < -0.4 is 14.2 Å². The third kappa shape index (κ3) is 5.19. The van der Waals surface area contributed by atoms with E-state index in [0.29, 0.717) is 29.9 Å². The van der Waals surface area contributed by atoms with E-state index in [1.165, 1.54) is 0 Å². The number of benzene rings is 3. The largest absolute Gasteiger partial charge is 0.494 e. The molecule has 0 aliphatic carbocycles. The number of rotatable bonds is 9. The van der Waals surface area contributed by atoms with Crippen LogP contribution in [0.25, 0.3) is 33.6 Å². The van der Waals surface area contributed by atoms with Crippen molar-refractivity contribution in [2.75, 3.05) is 19.8 Å². The normalized spacial score (nSPS) is 10.9. The first-order chi connectivity index (χ1) is 16.5. The van der Waals surface area contributed by atoms with Gasteiger partial charge in [0.05, 0.1) is 35.6 Å². The van der Waals surface area contributed by atoms with Crippen LogP contribution in [0.2, 0.25) is 10.0 Å². The Hall–Kier alpha value is -3.08. The number of hydrogen-bond acceptors (Lipinski definition) is 3. The summed E-state index contributed by atoms with van der Waals surface area (Å²) in [4.78, 5) is 3.56. The summed E-state index contributed by atoms with van der Waals surface area (Å²) in [5.74, 6) is 2.31. The second-order valence-electron chi connectivity index (χ2n) is 7.58. The molecule has 1 heterocycles. The smallest absolute Gasteiger partial charge is 0.120 e. The van der Waals surface area contributed by atoms with Gasteiger partial charge in [-0.25, -0.2) is 0 Å². The number of hydrogen-bond donors (Lipinski definition) is 1. The van der Waals surface area contributed by atoms with Gasteiger partial charge in [-0.15, -0.1) is 0 Å². The van der Waals surface area contributed by atoms with Crippen molar-refractivity contribution in [2.45, 2.75) is 20.8 Å². The molecule has 1 N–H and O–H groups in total. The zero-order valence-electron chi connectivity index (χ0n) is 19.5. The molecule has 0 unspecified atom stereocenters. The van der Waals surface area contributed by atoms with Gasteiger partial charge in [0, 0.05) is 22.4 Å². The van der Waals surface area contributed by atoms with Crippen molar-refractivity contribution in [1.82, 2.24) is 4.98 Å². The van der Waals surface area contributed by atoms with Crippen molar-refractivity contribution in [3.63, 3.8) is 0 Å². The highest BCUT2D eigenvalue weighted by atomic mass is 35.5. The van der Waals surface area contributed by atoms with E-state index in [1.807, 2.05) is 81.4 Å². The molecule has 0 atom stereocenters. The van der Waals surface area contributed by atoms with Gasteiger partial charge in [0.2, 0.25) is 0 Å². The summed E-state index contributed by atoms with van der Waals surface area (Å²) < 4.78 is 16.8. The molecule has 0 bridgehead atoms. The van der Waals surface area contributed by atoms with Crippen LogP contribution >= 0.6 is 23.2 Å². The highest BCUT2D eigenvalue weighted by molar-refractivity contribution is 6.34. The van der Waals surface area contributed by atoms with Crippen LogP contribution in [0.3, 0.4) is 0 Å². The Morgan fingerprint density at radius 1 is 0.588 bits per heavy atom. The van der Waals surface area contributed by atoms with Crippen molar-refractivity contribution in [3.8, 4) is 50.9 Å². The van der Waals surface area contributed by atoms with Crippen molar-refractivity contribution in [2.24, 2.45) is 0 Å². The fourth-order valence-corrected chi connectivity index (χ4v) is 4.40. The summed E-state index contributed by atoms with van der Waals surface area (Å²) in [5, 5.41) is 1.21. The maximum atomic E-state index is 6.71. The maximum absolute atomic E-state index is 6.71. The fraction of sp³-hybridized carbons (Fsp3) is 0.214. The van der Waals surface area contributed by atoms with E-state index in [4.69, 9.17) is 37.4 Å². The highest BCUT2D eigenvalue weighted by Crippen LogP contribution is 2.41. The average molecular weight is 496 g/mol. The number of halogens is 2. The molecule has 6 heteroatoms. The van der Waals surface area contributed by atoms with Gasteiger partial charge in [-0.2, -0.15) is 0 Å². The second-order valence-corrected chi connectivity index (χ2v) is 8.39. The predicted octanol–water partition coefficient (Wildman–Crippen LogP) is 8.52. The molecule has 4 rings (SSSR count). The topological polar surface area (TPSA) is 43.5 Å². The Kier molecular flexibility index (Phi) is 7.71. The molecular formula is C28H27Cl2NO3. The molecule has 3 aromatic carbocycles. The second kappa shape index (κ2) is 10.9. The van der Waals surface area contributed by atoms with Crippen LogP contribution in [0.1, 0.15) is 20.8 Å². The fourth-order valence-electron chi connectivity index (χ4n) is 3.86. The van der Waals surface area contributed by atoms with Crippen molar-refractivity contribution >= 4 is 23.2 Å². The standard InChI is InChI=1S/C28H27Cl2NO3/c1-4-32-19-9-7-18(8-10-19)24-17-27(22-13-11-20(33-5-2)15-25(22)29)31-28(24)23-14-12-21(34-6-3)16-26(23)30/h7-17,31H,4-6H2,1-3H3. The lowest BCUT2D eigenvalue weighted by Gasteiger charge is -2.10. The quantitative estimate of drug-likeness (QED) is 0.253. The van der Waals surface area contributed by atoms with Crippen LogP contribution in [-0.4, -0.2) is 24.8 Å². The zero-order chi connectivity index (χ0) is 24.1. The van der Waals surface area contributed by atoms with E-state index in [-0.39, 0.29) is 0 Å². The Labute approximate surface area is 210 Å². The Bertz CT molecular complexity index is 1270. The molecule has 176 valence electrons. The number of nitrogens with one attached hydrogen (secondary N) is 1. The van der Waals surface area contributed by atoms with E-state index in [9.17, 15) is 0 Å². The number of aromatic nitrogens is 1. The van der Waals surface area contributed by atoms with Crippen LogP contribution in [0.4, 0.5) is 0 Å². The molecule has 4 aromatic rings. The van der Waals surface area contributed by atoms with Gasteiger partial charge >= 0.3 is 0 Å². The van der Waals surface area contributed by atoms with Crippen molar-refractivity contribution in [1.29, 1.82) is 0 Å². The minimum atomic E-state index is 0.579. The minimum absolute atomic E-state index is 0.579. The number of aromatic amines is 1. The Balaban J connectivity index is 1.83. The van der Waals surface area contributed by atoms with Crippen LogP contribution in [0, 0.1) is 0 Å². The summed E-state index contributed by atoms with van der Waals surface area (Å²) >= 11 is 13.3. The highest BCUT2D eigenvalue weighted by Gasteiger charge is 2.18. The molecule has 1 aromatic heterocycles. The molecule has 4 nitrogen and oxygen atoms in total. The van der Waals surface area contributed by atoms with E-state index >= 15 is 0 Å². The van der Waals surface area contributed by atoms with Gasteiger partial charge in [-0.1, -0.05) is 35.3 Å². The average Bonchev–Trinajstić information content (AvgIpc) is 3.25. The zero-order valence-corrected chi connectivity index (χ0v) is 21.0. The molecule has 0 aliphatic heterocycles. The summed E-state index contributed by atoms with van der Waals surface area (Å²) in [6.45, 7) is 7.65. The Morgan fingerprint density at radius 3 is 1.62 bits per heavy atom. The summed E-state index contributed by atoms with van der Waals surface area (Å²) in [6, 6.07) is 21.6. The van der Waals surface area contributed by atoms with Gasteiger partial charge in [0.15, 0.2) is 0 Å². The summed E-state index contributed by atoms with van der Waals surface area (Å²) in [7, 11) is 0. The van der Waals surface area contributed by atoms with E-state index < -0.39 is 0 Å². The van der Waals surface area contributed by atoms with Crippen LogP contribution in [-0.2, 0) is 0 Å². The number of ether oxygens (including phenoxy) is 3. The lowest BCUT2D eigenvalue weighted by Crippen LogP contribution is -1.92. The molecule has 0 saturated carbocycles. The van der Waals surface area contributed by atoms with E-state index in [1.54, 1.807) is 0 Å². The number of H-pyrrole nitrogens is 1. The Morgan fingerprint density at radius 2 is 1.09 bits per heavy atom. The lowest BCUT2D eigenvalue weighted by atomic mass is 10.0. The van der Waals surface area contributed by atoms with Crippen molar-refractivity contribution < 1.29 is 14.2 Å². The molecule has 0 aliphatic rings. The third-order valence-corrected chi connectivity index (χ3v) is 5.98. The molecule has 0 spiro atoms. The summed E-state index contributed by atoms with van der Waals surface area (Å²) in [6.07, 6.45) is 0. The summed E-state index contributed by atoms with van der Waals surface area (Å²) in [5.41, 5.74) is 5.59. The molecule has 34 heavy (non-hydrogen) atoms. The molecule has 0 fully saturated rings. The van der Waals surface area contributed by atoms with Crippen LogP contribution in [0.5, 0.6) is 17.2 Å². The third-order valence-electron chi connectivity index (χ3n) is 5.36. The van der Waals surface area contributed by atoms with Gasteiger partial charge in [-0.05, 0) is 80.9 Å². The molecular weight excluding hydrogens is 469 g/mol. The van der Waals surface area contributed by atoms with Gasteiger partial charge in [0.25, 0.3) is 0 Å². The minimum Gasteiger partial charge on any atom is -0.494 e. The first-order valence-electron chi connectivity index (χ1n) is 11.4. The molecule has 0 radical (unpaired) electrons. The lowest BCUT2D eigenvalue weighted by molar-refractivity contribution is 0.340. The predicted molar refractivity (Wildman–Crippen MR) is 141 cm³/mol. The molecule has 0 saturated heterocycles. The maximum Gasteiger partial charge on any atom is 0.120 e. The SMILES string of the molecule is CCOc1ccc(-c2cc(-c3ccc(OCC)cc3Cl)[nH]c2-c2ccc(OCC)cc2Cl)cc1.